The van der Waals surface area contributed by atoms with E-state index >= 15 is 0 Å². The Labute approximate surface area is 245 Å². The van der Waals surface area contributed by atoms with Gasteiger partial charge in [0.15, 0.2) is 5.58 Å². The van der Waals surface area contributed by atoms with E-state index in [0.717, 1.165) is 55.1 Å². The zero-order valence-electron chi connectivity index (χ0n) is 22.9. The highest BCUT2D eigenvalue weighted by Gasteiger charge is 2.21. The number of hydrogen-bond donors (Lipinski definition) is 0. The van der Waals surface area contributed by atoms with Crippen LogP contribution in [0.2, 0.25) is 0 Å². The molecular weight excluding hydrogens is 528 g/mol. The van der Waals surface area contributed by atoms with Gasteiger partial charge in [0, 0.05) is 33.3 Å². The molecule has 0 bridgehead atoms. The van der Waals surface area contributed by atoms with Gasteiger partial charge in [-0.15, -0.1) is 0 Å². The molecule has 3 aromatic heterocycles. The van der Waals surface area contributed by atoms with Gasteiger partial charge in [0.2, 0.25) is 5.89 Å². The molecule has 0 aliphatic heterocycles. The molecule has 0 saturated carbocycles. The van der Waals surface area contributed by atoms with Crippen LogP contribution in [0, 0.1) is 0 Å². The molecule has 200 valence electrons. The molecular formula is C39H22N2O2. The Hall–Kier alpha value is -5.87. The van der Waals surface area contributed by atoms with Gasteiger partial charge in [-0.1, -0.05) is 84.9 Å². The van der Waals surface area contributed by atoms with Crippen LogP contribution in [-0.4, -0.2) is 9.55 Å². The summed E-state index contributed by atoms with van der Waals surface area (Å²) >= 11 is 0. The van der Waals surface area contributed by atoms with Crippen LogP contribution in [-0.2, 0) is 0 Å². The molecule has 10 aromatic rings. The summed E-state index contributed by atoms with van der Waals surface area (Å²) in [6, 6.07) is 46.6. The van der Waals surface area contributed by atoms with Crippen LogP contribution in [0.4, 0.5) is 0 Å². The SMILES string of the molecule is c1ccc2c(-c3nc4ccccc4o3)c3c(cc2c1)oc1cc(-n2c4ccccc4c4c5ccccc5ccc42)ccc13. The van der Waals surface area contributed by atoms with Gasteiger partial charge in [-0.25, -0.2) is 4.98 Å². The molecule has 0 unspecified atom stereocenters. The number of rotatable bonds is 2. The van der Waals surface area contributed by atoms with Gasteiger partial charge in [0.25, 0.3) is 0 Å². The summed E-state index contributed by atoms with van der Waals surface area (Å²) in [6.45, 7) is 0. The van der Waals surface area contributed by atoms with Crippen molar-refractivity contribution in [2.45, 2.75) is 0 Å². The molecule has 4 heteroatoms. The van der Waals surface area contributed by atoms with Crippen LogP contribution in [0.15, 0.2) is 142 Å². The molecule has 0 atom stereocenters. The first-order valence-corrected chi connectivity index (χ1v) is 14.5. The number of benzene rings is 7. The molecule has 0 N–H and O–H groups in total. The Morgan fingerprint density at radius 1 is 0.465 bits per heavy atom. The lowest BCUT2D eigenvalue weighted by molar-refractivity contribution is 0.621. The topological polar surface area (TPSA) is 44.1 Å². The van der Waals surface area contributed by atoms with Crippen molar-refractivity contribution in [2.24, 2.45) is 0 Å². The fraction of sp³-hybridized carbons (Fsp3) is 0. The van der Waals surface area contributed by atoms with Crippen LogP contribution in [0.25, 0.3) is 93.5 Å². The van der Waals surface area contributed by atoms with Crippen LogP contribution < -0.4 is 0 Å². The molecule has 0 saturated heterocycles. The maximum atomic E-state index is 6.65. The largest absolute Gasteiger partial charge is 0.456 e. The average Bonchev–Trinajstić information content (AvgIpc) is 3.74. The predicted octanol–water partition coefficient (Wildman–Crippen LogP) is 10.8. The first-order chi connectivity index (χ1) is 21.3. The highest BCUT2D eigenvalue weighted by molar-refractivity contribution is 6.22. The van der Waals surface area contributed by atoms with Crippen molar-refractivity contribution in [3.63, 3.8) is 0 Å². The van der Waals surface area contributed by atoms with E-state index in [9.17, 15) is 0 Å². The normalized spacial score (nSPS) is 12.2. The van der Waals surface area contributed by atoms with Crippen molar-refractivity contribution < 1.29 is 8.83 Å². The van der Waals surface area contributed by atoms with Crippen LogP contribution in [0.3, 0.4) is 0 Å². The monoisotopic (exact) mass is 550 g/mol. The number of nitrogens with zero attached hydrogens (tertiary/aromatic N) is 2. The van der Waals surface area contributed by atoms with Crippen LogP contribution in [0.5, 0.6) is 0 Å². The van der Waals surface area contributed by atoms with E-state index in [1.807, 2.05) is 24.3 Å². The Kier molecular flexibility index (Phi) is 4.42. The summed E-state index contributed by atoms with van der Waals surface area (Å²) in [4.78, 5) is 4.91. The van der Waals surface area contributed by atoms with Gasteiger partial charge in [-0.05, 0) is 64.0 Å². The minimum atomic E-state index is 0.601. The maximum absolute atomic E-state index is 6.65. The van der Waals surface area contributed by atoms with Crippen molar-refractivity contribution in [2.75, 3.05) is 0 Å². The second-order valence-corrected chi connectivity index (χ2v) is 11.1. The van der Waals surface area contributed by atoms with Crippen LogP contribution >= 0.6 is 0 Å². The van der Waals surface area contributed by atoms with Crippen molar-refractivity contribution in [3.8, 4) is 17.1 Å². The van der Waals surface area contributed by atoms with Crippen molar-refractivity contribution >= 4 is 76.4 Å². The van der Waals surface area contributed by atoms with E-state index in [2.05, 4.69) is 114 Å². The Balaban J connectivity index is 1.29. The maximum Gasteiger partial charge on any atom is 0.228 e. The summed E-state index contributed by atoms with van der Waals surface area (Å²) in [6.07, 6.45) is 0. The Morgan fingerprint density at radius 2 is 1.23 bits per heavy atom. The Morgan fingerprint density at radius 3 is 2.14 bits per heavy atom. The number of fused-ring (bicyclic) bond motifs is 10. The van der Waals surface area contributed by atoms with E-state index < -0.39 is 0 Å². The zero-order valence-corrected chi connectivity index (χ0v) is 22.9. The Bertz CT molecular complexity index is 2710. The highest BCUT2D eigenvalue weighted by atomic mass is 16.3. The lowest BCUT2D eigenvalue weighted by atomic mass is 9.98. The van der Waals surface area contributed by atoms with Gasteiger partial charge in [0.1, 0.15) is 16.7 Å². The van der Waals surface area contributed by atoms with E-state index in [1.54, 1.807) is 0 Å². The lowest BCUT2D eigenvalue weighted by Crippen LogP contribution is -1.93. The standard InChI is InChI=1S/C39H22N2O2/c1-3-11-26-23(9-1)17-20-32-36(26)28-13-5-7-15-31(28)41(32)25-18-19-29-34(22-25)42-35-21-24-10-2-4-12-27(24)38(37(29)35)39-40-30-14-6-8-16-33(30)43-39/h1-22H. The number of oxazole rings is 1. The quantitative estimate of drug-likeness (QED) is 0.215. The molecule has 0 aliphatic rings. The van der Waals surface area contributed by atoms with Crippen molar-refractivity contribution in [3.05, 3.63) is 133 Å². The summed E-state index contributed by atoms with van der Waals surface area (Å²) in [5.41, 5.74) is 7.61. The van der Waals surface area contributed by atoms with Crippen molar-refractivity contribution in [1.82, 2.24) is 9.55 Å². The van der Waals surface area contributed by atoms with E-state index in [0.29, 0.717) is 5.89 Å². The number of para-hydroxylation sites is 3. The molecule has 0 amide bonds. The fourth-order valence-corrected chi connectivity index (χ4v) is 6.95. The first kappa shape index (κ1) is 22.8. The smallest absolute Gasteiger partial charge is 0.228 e. The third-order valence-corrected chi connectivity index (χ3v) is 8.80. The van der Waals surface area contributed by atoms with Crippen molar-refractivity contribution in [1.29, 1.82) is 0 Å². The molecule has 3 heterocycles. The number of furan rings is 1. The zero-order chi connectivity index (χ0) is 28.1. The summed E-state index contributed by atoms with van der Waals surface area (Å²) in [7, 11) is 0. The van der Waals surface area contributed by atoms with Gasteiger partial charge in [-0.3, -0.25) is 0 Å². The minimum absolute atomic E-state index is 0.601. The number of hydrogen-bond acceptors (Lipinski definition) is 3. The molecule has 7 aromatic carbocycles. The van der Waals surface area contributed by atoms with Crippen LogP contribution in [0.1, 0.15) is 0 Å². The molecule has 0 spiro atoms. The van der Waals surface area contributed by atoms with E-state index in [-0.39, 0.29) is 0 Å². The van der Waals surface area contributed by atoms with Gasteiger partial charge in [-0.2, -0.15) is 0 Å². The number of aromatic nitrogens is 2. The summed E-state index contributed by atoms with van der Waals surface area (Å²) in [5.74, 6) is 0.601. The summed E-state index contributed by atoms with van der Waals surface area (Å²) < 4.78 is 15.3. The summed E-state index contributed by atoms with van der Waals surface area (Å²) in [5, 5.41) is 9.22. The minimum Gasteiger partial charge on any atom is -0.456 e. The van der Waals surface area contributed by atoms with E-state index in [1.165, 1.54) is 32.6 Å². The second kappa shape index (κ2) is 8.34. The third kappa shape index (κ3) is 3.12. The molecule has 0 fully saturated rings. The predicted molar refractivity (Wildman–Crippen MR) is 176 cm³/mol. The van der Waals surface area contributed by atoms with E-state index in [4.69, 9.17) is 13.8 Å². The molecule has 0 radical (unpaired) electrons. The van der Waals surface area contributed by atoms with Gasteiger partial charge < -0.3 is 13.4 Å². The molecule has 4 nitrogen and oxygen atoms in total. The molecule has 43 heavy (non-hydrogen) atoms. The third-order valence-electron chi connectivity index (χ3n) is 8.80. The fourth-order valence-electron chi connectivity index (χ4n) is 6.95. The van der Waals surface area contributed by atoms with Gasteiger partial charge in [0.05, 0.1) is 16.6 Å². The highest BCUT2D eigenvalue weighted by Crippen LogP contribution is 2.43. The average molecular weight is 551 g/mol. The van der Waals surface area contributed by atoms with Gasteiger partial charge >= 0.3 is 0 Å². The lowest BCUT2D eigenvalue weighted by Gasteiger charge is -2.08. The molecule has 10 rings (SSSR count). The second-order valence-electron chi connectivity index (χ2n) is 11.1. The first-order valence-electron chi connectivity index (χ1n) is 14.5. The molecule has 0 aliphatic carbocycles.